The number of aromatic carboxylic acids is 1. The molecule has 1 aliphatic carbocycles. The van der Waals surface area contributed by atoms with E-state index >= 15 is 0 Å². The van der Waals surface area contributed by atoms with Gasteiger partial charge in [-0.3, -0.25) is 9.78 Å². The fraction of sp³-hybridized carbons (Fsp3) is 0.350. The summed E-state index contributed by atoms with van der Waals surface area (Å²) in [4.78, 5) is 27.6. The van der Waals surface area contributed by atoms with E-state index in [0.29, 0.717) is 24.4 Å². The molecule has 0 atom stereocenters. The van der Waals surface area contributed by atoms with Gasteiger partial charge in [0.1, 0.15) is 0 Å². The number of ether oxygens (including phenoxy) is 1. The third-order valence-electron chi connectivity index (χ3n) is 4.94. The molecule has 1 saturated carbocycles. The van der Waals surface area contributed by atoms with Crippen molar-refractivity contribution in [3.8, 4) is 11.3 Å². The minimum atomic E-state index is -0.995. The van der Waals surface area contributed by atoms with Crippen LogP contribution in [0.4, 0.5) is 0 Å². The fourth-order valence-corrected chi connectivity index (χ4v) is 3.24. The molecule has 0 spiro atoms. The summed E-state index contributed by atoms with van der Waals surface area (Å²) in [7, 11) is 1.69. The van der Waals surface area contributed by atoms with E-state index in [0.717, 1.165) is 18.4 Å². The van der Waals surface area contributed by atoms with E-state index in [9.17, 15) is 9.59 Å². The molecular formula is C20H22N2O4. The van der Waals surface area contributed by atoms with Crippen molar-refractivity contribution < 1.29 is 19.4 Å². The molecule has 136 valence electrons. The Morgan fingerprint density at radius 1 is 1.19 bits per heavy atom. The Kier molecular flexibility index (Phi) is 5.32. The Morgan fingerprint density at radius 2 is 1.92 bits per heavy atom. The highest BCUT2D eigenvalue weighted by Gasteiger charge is 2.37. The number of carbonyl (C=O) groups is 2. The Labute approximate surface area is 152 Å². The normalized spacial score (nSPS) is 15.1. The van der Waals surface area contributed by atoms with Crippen LogP contribution >= 0.6 is 0 Å². The smallest absolute Gasteiger partial charge is 0.335 e. The topological polar surface area (TPSA) is 88.5 Å². The van der Waals surface area contributed by atoms with Crippen LogP contribution in [0.25, 0.3) is 11.3 Å². The van der Waals surface area contributed by atoms with E-state index in [1.165, 1.54) is 24.8 Å². The van der Waals surface area contributed by atoms with Gasteiger partial charge in [-0.25, -0.2) is 4.79 Å². The van der Waals surface area contributed by atoms with Gasteiger partial charge in [0.05, 0.1) is 17.9 Å². The zero-order valence-electron chi connectivity index (χ0n) is 14.7. The van der Waals surface area contributed by atoms with E-state index in [1.807, 2.05) is 0 Å². The lowest BCUT2D eigenvalue weighted by Crippen LogP contribution is -2.45. The summed E-state index contributed by atoms with van der Waals surface area (Å²) >= 11 is 0. The number of amides is 1. The second kappa shape index (κ2) is 7.66. The fourth-order valence-electron chi connectivity index (χ4n) is 3.24. The van der Waals surface area contributed by atoms with Crippen molar-refractivity contribution in [2.45, 2.75) is 19.3 Å². The molecule has 0 radical (unpaired) electrons. The number of nitrogens with one attached hydrogen (secondary N) is 1. The molecule has 6 nitrogen and oxygen atoms in total. The molecule has 1 amide bonds. The number of benzene rings is 1. The van der Waals surface area contributed by atoms with Gasteiger partial charge < -0.3 is 15.2 Å². The van der Waals surface area contributed by atoms with Gasteiger partial charge in [-0.05, 0) is 37.1 Å². The molecule has 2 N–H and O–H groups in total. The monoisotopic (exact) mass is 354 g/mol. The number of aromatic nitrogens is 1. The number of rotatable bonds is 7. The van der Waals surface area contributed by atoms with Crippen molar-refractivity contribution in [2.24, 2.45) is 5.41 Å². The predicted octanol–water partition coefficient (Wildman–Crippen LogP) is 2.99. The number of carbonyl (C=O) groups excluding carboxylic acids is 1. The SMILES string of the molecule is COCC1(CNC(=O)c2ccc(-c3cc(C(=O)O)ccn3)cc2)CCC1. The van der Waals surface area contributed by atoms with Crippen LogP contribution in [-0.4, -0.2) is 42.2 Å². The molecule has 1 aliphatic rings. The van der Waals surface area contributed by atoms with E-state index in [4.69, 9.17) is 9.84 Å². The number of carboxylic acid groups (broad SMARTS) is 1. The summed E-state index contributed by atoms with van der Waals surface area (Å²) in [6.07, 6.45) is 4.79. The van der Waals surface area contributed by atoms with Crippen LogP contribution in [0.5, 0.6) is 0 Å². The molecular weight excluding hydrogens is 332 g/mol. The first-order chi connectivity index (χ1) is 12.5. The van der Waals surface area contributed by atoms with E-state index in [-0.39, 0.29) is 16.9 Å². The second-order valence-electron chi connectivity index (χ2n) is 6.78. The summed E-state index contributed by atoms with van der Waals surface area (Å²) in [6, 6.07) is 9.97. The minimum absolute atomic E-state index is 0.0749. The number of pyridine rings is 1. The molecule has 3 rings (SSSR count). The first-order valence-electron chi connectivity index (χ1n) is 8.60. The highest BCUT2D eigenvalue weighted by atomic mass is 16.5. The van der Waals surface area contributed by atoms with Gasteiger partial charge in [-0.1, -0.05) is 18.6 Å². The molecule has 1 heterocycles. The van der Waals surface area contributed by atoms with E-state index in [2.05, 4.69) is 10.3 Å². The number of hydrogen-bond acceptors (Lipinski definition) is 4. The average molecular weight is 354 g/mol. The zero-order valence-corrected chi connectivity index (χ0v) is 14.7. The van der Waals surface area contributed by atoms with Gasteiger partial charge in [0.25, 0.3) is 5.91 Å². The van der Waals surface area contributed by atoms with Crippen molar-refractivity contribution in [3.05, 3.63) is 53.7 Å². The van der Waals surface area contributed by atoms with Gasteiger partial charge in [0, 0.05) is 36.4 Å². The molecule has 1 aromatic heterocycles. The molecule has 0 unspecified atom stereocenters. The first-order valence-corrected chi connectivity index (χ1v) is 8.60. The van der Waals surface area contributed by atoms with E-state index in [1.54, 1.807) is 31.4 Å². The summed E-state index contributed by atoms with van der Waals surface area (Å²) < 4.78 is 5.28. The van der Waals surface area contributed by atoms with Crippen molar-refractivity contribution in [1.29, 1.82) is 0 Å². The second-order valence-corrected chi connectivity index (χ2v) is 6.78. The summed E-state index contributed by atoms with van der Waals surface area (Å²) in [5, 5.41) is 12.1. The summed E-state index contributed by atoms with van der Waals surface area (Å²) in [5.74, 6) is -1.11. The summed E-state index contributed by atoms with van der Waals surface area (Å²) in [6.45, 7) is 1.28. The maximum Gasteiger partial charge on any atom is 0.335 e. The molecule has 1 fully saturated rings. The molecule has 2 aromatic rings. The predicted molar refractivity (Wildman–Crippen MR) is 97.1 cm³/mol. The third-order valence-corrected chi connectivity index (χ3v) is 4.94. The van der Waals surface area contributed by atoms with Gasteiger partial charge in [-0.15, -0.1) is 0 Å². The molecule has 0 bridgehead atoms. The van der Waals surface area contributed by atoms with Crippen LogP contribution in [0.1, 0.15) is 40.0 Å². The van der Waals surface area contributed by atoms with Gasteiger partial charge >= 0.3 is 5.97 Å². The molecule has 0 saturated heterocycles. The van der Waals surface area contributed by atoms with E-state index < -0.39 is 5.97 Å². The Balaban J connectivity index is 1.66. The van der Waals surface area contributed by atoms with Crippen molar-refractivity contribution in [3.63, 3.8) is 0 Å². The molecule has 6 heteroatoms. The average Bonchev–Trinajstić information content (AvgIpc) is 2.63. The molecule has 26 heavy (non-hydrogen) atoms. The van der Waals surface area contributed by atoms with Crippen LogP contribution in [0.2, 0.25) is 0 Å². The maximum absolute atomic E-state index is 12.4. The quantitative estimate of drug-likeness (QED) is 0.798. The summed E-state index contributed by atoms with van der Waals surface area (Å²) in [5.41, 5.74) is 2.14. The molecule has 1 aromatic carbocycles. The Morgan fingerprint density at radius 3 is 2.50 bits per heavy atom. The number of carboxylic acids is 1. The maximum atomic E-state index is 12.4. The number of nitrogens with zero attached hydrogens (tertiary/aromatic N) is 1. The van der Waals surface area contributed by atoms with Gasteiger partial charge in [-0.2, -0.15) is 0 Å². The van der Waals surface area contributed by atoms with Crippen LogP contribution in [0.3, 0.4) is 0 Å². The number of hydrogen-bond donors (Lipinski definition) is 2. The van der Waals surface area contributed by atoms with Gasteiger partial charge in [0.2, 0.25) is 0 Å². The minimum Gasteiger partial charge on any atom is -0.478 e. The van der Waals surface area contributed by atoms with Crippen LogP contribution in [0, 0.1) is 5.41 Å². The Bertz CT molecular complexity index is 798. The number of methoxy groups -OCH3 is 1. The van der Waals surface area contributed by atoms with Crippen molar-refractivity contribution in [2.75, 3.05) is 20.3 Å². The zero-order chi connectivity index (χ0) is 18.6. The van der Waals surface area contributed by atoms with Crippen LogP contribution in [0.15, 0.2) is 42.6 Å². The standard InChI is InChI=1S/C20H22N2O4/c1-26-13-20(8-2-9-20)12-22-18(23)15-5-3-14(4-6-15)17-11-16(19(24)25)7-10-21-17/h3-7,10-11H,2,8-9,12-13H2,1H3,(H,22,23)(H,24,25). The van der Waals surface area contributed by atoms with Crippen LogP contribution in [-0.2, 0) is 4.74 Å². The largest absolute Gasteiger partial charge is 0.478 e. The van der Waals surface area contributed by atoms with Crippen LogP contribution < -0.4 is 5.32 Å². The lowest BCUT2D eigenvalue weighted by atomic mass is 9.69. The van der Waals surface area contributed by atoms with Gasteiger partial charge in [0.15, 0.2) is 0 Å². The highest BCUT2D eigenvalue weighted by molar-refractivity contribution is 5.94. The first kappa shape index (κ1) is 18.1. The Hall–Kier alpha value is -2.73. The highest BCUT2D eigenvalue weighted by Crippen LogP contribution is 2.40. The van der Waals surface area contributed by atoms with Crippen molar-refractivity contribution in [1.82, 2.24) is 10.3 Å². The lowest BCUT2D eigenvalue weighted by Gasteiger charge is -2.41. The lowest BCUT2D eigenvalue weighted by molar-refractivity contribution is 0.0180. The third kappa shape index (κ3) is 3.91. The molecule has 0 aliphatic heterocycles. The van der Waals surface area contributed by atoms with Crippen molar-refractivity contribution >= 4 is 11.9 Å².